The number of furan rings is 1. The first-order chi connectivity index (χ1) is 8.29. The second-order valence-corrected chi connectivity index (χ2v) is 4.20. The maximum atomic E-state index is 5.71. The Hall–Kier alpha value is -1.55. The van der Waals surface area contributed by atoms with E-state index in [1.807, 2.05) is 25.1 Å². The Kier molecular flexibility index (Phi) is 3.98. The van der Waals surface area contributed by atoms with Gasteiger partial charge in [0, 0.05) is 24.9 Å². The van der Waals surface area contributed by atoms with E-state index in [0.717, 1.165) is 36.2 Å². The number of hydrogen-bond acceptors (Lipinski definition) is 2. The van der Waals surface area contributed by atoms with Crippen molar-refractivity contribution >= 4 is 28.3 Å². The number of nitrogens with one attached hydrogen (secondary N) is 2. The lowest BCUT2D eigenvalue weighted by Crippen LogP contribution is -2.36. The van der Waals surface area contributed by atoms with Gasteiger partial charge >= 0.3 is 0 Å². The van der Waals surface area contributed by atoms with Crippen molar-refractivity contribution in [2.24, 2.45) is 0 Å². The molecular weight excluding hydrogens is 232 g/mol. The third kappa shape index (κ3) is 3.20. The first-order valence-electron chi connectivity index (χ1n) is 5.78. The molecular formula is C13H16N2OS. The minimum Gasteiger partial charge on any atom is -0.461 e. The van der Waals surface area contributed by atoms with Crippen LogP contribution in [0.4, 0.5) is 0 Å². The molecule has 1 heterocycles. The van der Waals surface area contributed by atoms with Crippen LogP contribution in [-0.4, -0.2) is 18.2 Å². The van der Waals surface area contributed by atoms with Crippen LogP contribution in [0.5, 0.6) is 0 Å². The van der Waals surface area contributed by atoms with Crippen molar-refractivity contribution in [1.29, 1.82) is 0 Å². The van der Waals surface area contributed by atoms with Crippen LogP contribution in [0.25, 0.3) is 11.0 Å². The van der Waals surface area contributed by atoms with Crippen LogP contribution < -0.4 is 10.6 Å². The molecule has 0 radical (unpaired) electrons. The quantitative estimate of drug-likeness (QED) is 0.815. The fourth-order valence-electron chi connectivity index (χ4n) is 1.68. The molecule has 17 heavy (non-hydrogen) atoms. The SMILES string of the molecule is CCNC(=S)NCCc1cc2ccccc2o1. The van der Waals surface area contributed by atoms with Crippen LogP contribution in [0.1, 0.15) is 12.7 Å². The lowest BCUT2D eigenvalue weighted by Gasteiger charge is -2.06. The topological polar surface area (TPSA) is 37.2 Å². The minimum atomic E-state index is 0.698. The molecule has 0 saturated heterocycles. The molecule has 0 atom stereocenters. The Bertz CT molecular complexity index is 474. The average Bonchev–Trinajstić information content (AvgIpc) is 2.71. The summed E-state index contributed by atoms with van der Waals surface area (Å²) in [5.41, 5.74) is 0.941. The van der Waals surface area contributed by atoms with Gasteiger partial charge in [-0.05, 0) is 31.3 Å². The first kappa shape index (κ1) is 11.9. The Balaban J connectivity index is 1.89. The van der Waals surface area contributed by atoms with E-state index in [2.05, 4.69) is 22.8 Å². The van der Waals surface area contributed by atoms with Crippen LogP contribution in [0.15, 0.2) is 34.7 Å². The zero-order chi connectivity index (χ0) is 12.1. The zero-order valence-corrected chi connectivity index (χ0v) is 10.6. The second-order valence-electron chi connectivity index (χ2n) is 3.79. The molecule has 0 fully saturated rings. The summed E-state index contributed by atoms with van der Waals surface area (Å²) >= 11 is 5.08. The summed E-state index contributed by atoms with van der Waals surface area (Å²) in [7, 11) is 0. The number of rotatable bonds is 4. The molecule has 4 heteroatoms. The van der Waals surface area contributed by atoms with Crippen LogP contribution in [-0.2, 0) is 6.42 Å². The fourth-order valence-corrected chi connectivity index (χ4v) is 1.93. The third-order valence-corrected chi connectivity index (χ3v) is 2.76. The highest BCUT2D eigenvalue weighted by atomic mass is 32.1. The summed E-state index contributed by atoms with van der Waals surface area (Å²) in [5.74, 6) is 0.984. The Morgan fingerprint density at radius 2 is 2.12 bits per heavy atom. The summed E-state index contributed by atoms with van der Waals surface area (Å²) in [6, 6.07) is 10.1. The molecule has 0 aliphatic carbocycles. The summed E-state index contributed by atoms with van der Waals surface area (Å²) < 4.78 is 5.71. The molecule has 0 saturated carbocycles. The van der Waals surface area contributed by atoms with Crippen molar-refractivity contribution in [3.05, 3.63) is 36.1 Å². The van der Waals surface area contributed by atoms with Gasteiger partial charge in [-0.3, -0.25) is 0 Å². The molecule has 0 spiro atoms. The molecule has 1 aromatic heterocycles. The highest BCUT2D eigenvalue weighted by Gasteiger charge is 2.02. The van der Waals surface area contributed by atoms with Gasteiger partial charge in [-0.2, -0.15) is 0 Å². The zero-order valence-electron chi connectivity index (χ0n) is 9.82. The van der Waals surface area contributed by atoms with Crippen molar-refractivity contribution in [3.63, 3.8) is 0 Å². The number of fused-ring (bicyclic) bond motifs is 1. The van der Waals surface area contributed by atoms with Crippen molar-refractivity contribution in [1.82, 2.24) is 10.6 Å². The van der Waals surface area contributed by atoms with E-state index in [1.54, 1.807) is 0 Å². The highest BCUT2D eigenvalue weighted by molar-refractivity contribution is 7.80. The van der Waals surface area contributed by atoms with Crippen molar-refractivity contribution in [2.75, 3.05) is 13.1 Å². The van der Waals surface area contributed by atoms with Gasteiger partial charge in [0.2, 0.25) is 0 Å². The van der Waals surface area contributed by atoms with Gasteiger partial charge in [0.05, 0.1) is 0 Å². The lowest BCUT2D eigenvalue weighted by atomic mass is 10.2. The van der Waals surface area contributed by atoms with Gasteiger partial charge in [0.1, 0.15) is 11.3 Å². The number of hydrogen-bond donors (Lipinski definition) is 2. The van der Waals surface area contributed by atoms with Gasteiger partial charge in [-0.25, -0.2) is 0 Å². The van der Waals surface area contributed by atoms with Crippen molar-refractivity contribution in [2.45, 2.75) is 13.3 Å². The minimum absolute atomic E-state index is 0.698. The average molecular weight is 248 g/mol. The Morgan fingerprint density at radius 1 is 1.29 bits per heavy atom. The van der Waals surface area contributed by atoms with Gasteiger partial charge in [0.15, 0.2) is 5.11 Å². The van der Waals surface area contributed by atoms with Gasteiger partial charge in [-0.1, -0.05) is 18.2 Å². The van der Waals surface area contributed by atoms with E-state index in [1.165, 1.54) is 0 Å². The Labute approximate surface area is 106 Å². The largest absolute Gasteiger partial charge is 0.461 e. The van der Waals surface area contributed by atoms with Gasteiger partial charge < -0.3 is 15.1 Å². The number of thiocarbonyl (C=S) groups is 1. The van der Waals surface area contributed by atoms with Gasteiger partial charge in [0.25, 0.3) is 0 Å². The van der Waals surface area contributed by atoms with E-state index in [4.69, 9.17) is 16.6 Å². The molecule has 0 unspecified atom stereocenters. The second kappa shape index (κ2) is 5.68. The van der Waals surface area contributed by atoms with Crippen molar-refractivity contribution in [3.8, 4) is 0 Å². The fraction of sp³-hybridized carbons (Fsp3) is 0.308. The molecule has 0 bridgehead atoms. The summed E-state index contributed by atoms with van der Waals surface area (Å²) in [4.78, 5) is 0. The number of benzene rings is 1. The molecule has 0 amide bonds. The molecule has 0 aliphatic heterocycles. The molecule has 1 aromatic carbocycles. The molecule has 2 aromatic rings. The molecule has 2 rings (SSSR count). The monoisotopic (exact) mass is 248 g/mol. The smallest absolute Gasteiger partial charge is 0.166 e. The summed E-state index contributed by atoms with van der Waals surface area (Å²) in [6.45, 7) is 3.65. The predicted octanol–water partition coefficient (Wildman–Crippen LogP) is 2.46. The molecule has 2 N–H and O–H groups in total. The number of para-hydroxylation sites is 1. The molecule has 0 aliphatic rings. The molecule has 3 nitrogen and oxygen atoms in total. The highest BCUT2D eigenvalue weighted by Crippen LogP contribution is 2.18. The van der Waals surface area contributed by atoms with Gasteiger partial charge in [-0.15, -0.1) is 0 Å². The van der Waals surface area contributed by atoms with E-state index in [0.29, 0.717) is 5.11 Å². The Morgan fingerprint density at radius 3 is 2.88 bits per heavy atom. The van der Waals surface area contributed by atoms with E-state index in [-0.39, 0.29) is 0 Å². The van der Waals surface area contributed by atoms with Crippen molar-refractivity contribution < 1.29 is 4.42 Å². The van der Waals surface area contributed by atoms with Crippen LogP contribution in [0.2, 0.25) is 0 Å². The maximum absolute atomic E-state index is 5.71. The maximum Gasteiger partial charge on any atom is 0.166 e. The van der Waals surface area contributed by atoms with Crippen LogP contribution in [0.3, 0.4) is 0 Å². The van der Waals surface area contributed by atoms with E-state index >= 15 is 0 Å². The normalized spacial score (nSPS) is 10.4. The van der Waals surface area contributed by atoms with E-state index in [9.17, 15) is 0 Å². The summed E-state index contributed by atoms with van der Waals surface area (Å²) in [6.07, 6.45) is 0.834. The molecule has 90 valence electrons. The third-order valence-electron chi connectivity index (χ3n) is 2.47. The van der Waals surface area contributed by atoms with E-state index < -0.39 is 0 Å². The van der Waals surface area contributed by atoms with Crippen LogP contribution >= 0.6 is 12.2 Å². The predicted molar refractivity (Wildman–Crippen MR) is 74.2 cm³/mol. The first-order valence-corrected chi connectivity index (χ1v) is 6.19. The standard InChI is InChI=1S/C13H16N2OS/c1-2-14-13(17)15-8-7-11-9-10-5-3-4-6-12(10)16-11/h3-6,9H,2,7-8H2,1H3,(H2,14,15,17). The van der Waals surface area contributed by atoms with Crippen LogP contribution in [0, 0.1) is 0 Å². The lowest BCUT2D eigenvalue weighted by molar-refractivity contribution is 0.545. The summed E-state index contributed by atoms with van der Waals surface area (Å²) in [5, 5.41) is 8.03.